The van der Waals surface area contributed by atoms with E-state index in [4.69, 9.17) is 4.98 Å². The van der Waals surface area contributed by atoms with Crippen LogP contribution in [0.2, 0.25) is 0 Å². The summed E-state index contributed by atoms with van der Waals surface area (Å²) in [6, 6.07) is 6.38. The number of carbonyl (C=O) groups excluding carboxylic acids is 1. The molecule has 2 N–H and O–H groups in total. The normalized spacial score (nSPS) is 23.3. The zero-order valence-corrected chi connectivity index (χ0v) is 21.7. The molecule has 2 bridgehead atoms. The molecule has 1 atom stereocenters. The van der Waals surface area contributed by atoms with Crippen molar-refractivity contribution in [1.82, 2.24) is 34.2 Å². The maximum atomic E-state index is 12.9. The fourth-order valence-corrected chi connectivity index (χ4v) is 6.17. The van der Waals surface area contributed by atoms with E-state index >= 15 is 0 Å². The lowest BCUT2D eigenvalue weighted by molar-refractivity contribution is -0.0240. The average molecular weight is 505 g/mol. The molecule has 3 aliphatic heterocycles. The Labute approximate surface area is 217 Å². The molecule has 3 saturated heterocycles. The molecule has 0 spiro atoms. The Morgan fingerprint density at radius 1 is 1.03 bits per heavy atom. The summed E-state index contributed by atoms with van der Waals surface area (Å²) < 4.78 is 2.11. The zero-order chi connectivity index (χ0) is 25.5. The number of aliphatic hydroxyl groups excluding tert-OH is 1. The maximum Gasteiger partial charge on any atom is 0.270 e. The molecule has 0 radical (unpaired) electrons. The molecular weight excluding hydrogens is 468 g/mol. The lowest BCUT2D eigenvalue weighted by Crippen LogP contribution is -2.40. The van der Waals surface area contributed by atoms with Crippen LogP contribution in [0.15, 0.2) is 30.6 Å². The van der Waals surface area contributed by atoms with E-state index in [0.717, 1.165) is 81.3 Å². The molecule has 4 fully saturated rings. The number of carbonyl (C=O) groups is 1. The summed E-state index contributed by atoms with van der Waals surface area (Å²) in [5, 5.41) is 15.2. The number of nitrogens with one attached hydrogen (secondary N) is 1. The topological polar surface area (TPSA) is 103 Å². The van der Waals surface area contributed by atoms with Crippen LogP contribution in [-0.4, -0.2) is 91.5 Å². The molecule has 1 unspecified atom stereocenters. The van der Waals surface area contributed by atoms with E-state index in [9.17, 15) is 9.90 Å². The molecule has 6 heterocycles. The number of hydrogen-bond acceptors (Lipinski definition) is 8. The van der Waals surface area contributed by atoms with Gasteiger partial charge < -0.3 is 24.8 Å². The second-order valence-corrected chi connectivity index (χ2v) is 10.8. The van der Waals surface area contributed by atoms with Gasteiger partial charge in [-0.2, -0.15) is 4.98 Å². The van der Waals surface area contributed by atoms with E-state index < -0.39 is 6.23 Å². The van der Waals surface area contributed by atoms with Gasteiger partial charge in [0.25, 0.3) is 5.91 Å². The predicted octanol–water partition coefficient (Wildman–Crippen LogP) is 3.16. The second-order valence-electron chi connectivity index (χ2n) is 10.8. The third kappa shape index (κ3) is 4.69. The number of nitrogens with zero attached hydrogens (tertiary/aromatic N) is 7. The Morgan fingerprint density at radius 2 is 1.81 bits per heavy atom. The first-order chi connectivity index (χ1) is 18.0. The minimum absolute atomic E-state index is 0.0232. The Balaban J connectivity index is 1.23. The molecule has 7 rings (SSSR count). The van der Waals surface area contributed by atoms with Gasteiger partial charge in [0, 0.05) is 62.6 Å². The Hall–Kier alpha value is -3.08. The van der Waals surface area contributed by atoms with Crippen LogP contribution in [0.5, 0.6) is 0 Å². The van der Waals surface area contributed by atoms with Crippen LogP contribution in [0.3, 0.4) is 0 Å². The van der Waals surface area contributed by atoms with E-state index in [1.54, 1.807) is 31.4 Å². The number of pyridine rings is 1. The fourth-order valence-electron chi connectivity index (χ4n) is 6.17. The van der Waals surface area contributed by atoms with Gasteiger partial charge >= 0.3 is 0 Å². The molecular formula is C27H36N8O2. The summed E-state index contributed by atoms with van der Waals surface area (Å²) in [7, 11) is 3.55. The summed E-state index contributed by atoms with van der Waals surface area (Å²) in [4.78, 5) is 33.1. The van der Waals surface area contributed by atoms with Gasteiger partial charge in [0.2, 0.25) is 5.95 Å². The standard InChI is InChI=1S/C27H36N8O2/c1-32(2)26(37)22-15-19-17-29-27(31-24(19)35(22)21-5-3-4-6-21)30-23-8-7-18(16-28-23)25(36)34-14-13-33-11-9-20(34)10-12-33/h7-8,15-17,20-21,25,36H,3-6,9-14H2,1-2H3,(H,28,29,30,31). The SMILES string of the molecule is CN(C)C(=O)c1cc2cnc(Nc3ccc(C(O)N4CCN5CCC4CC5)cn3)nc2n1C1CCCC1. The molecule has 1 aliphatic carbocycles. The van der Waals surface area contributed by atoms with Crippen molar-refractivity contribution in [3.05, 3.63) is 41.9 Å². The van der Waals surface area contributed by atoms with Gasteiger partial charge in [0.1, 0.15) is 23.4 Å². The number of piperidine rings is 1. The Morgan fingerprint density at radius 3 is 2.51 bits per heavy atom. The fraction of sp³-hybridized carbons (Fsp3) is 0.556. The van der Waals surface area contributed by atoms with Crippen LogP contribution in [0, 0.1) is 0 Å². The molecule has 3 aromatic heterocycles. The highest BCUT2D eigenvalue weighted by molar-refractivity contribution is 5.97. The molecule has 1 amide bonds. The number of amides is 1. The summed E-state index contributed by atoms with van der Waals surface area (Å²) in [6.07, 6.45) is 9.48. The molecule has 4 aliphatic rings. The number of fused-ring (bicyclic) bond motifs is 5. The van der Waals surface area contributed by atoms with Crippen molar-refractivity contribution < 1.29 is 9.90 Å². The zero-order valence-electron chi connectivity index (χ0n) is 21.7. The van der Waals surface area contributed by atoms with Gasteiger partial charge in [0.15, 0.2) is 0 Å². The second kappa shape index (κ2) is 10.00. The van der Waals surface area contributed by atoms with Crippen molar-refractivity contribution in [3.63, 3.8) is 0 Å². The van der Waals surface area contributed by atoms with Crippen molar-refractivity contribution in [2.45, 2.75) is 56.8 Å². The third-order valence-corrected chi connectivity index (χ3v) is 8.23. The Kier molecular flexibility index (Phi) is 6.56. The van der Waals surface area contributed by atoms with Crippen molar-refractivity contribution in [1.29, 1.82) is 0 Å². The van der Waals surface area contributed by atoms with Gasteiger partial charge in [-0.05, 0) is 57.0 Å². The molecule has 10 heteroatoms. The average Bonchev–Trinajstić information content (AvgIpc) is 3.46. The number of hydrogen-bond donors (Lipinski definition) is 2. The predicted molar refractivity (Wildman–Crippen MR) is 142 cm³/mol. The van der Waals surface area contributed by atoms with Gasteiger partial charge in [-0.15, -0.1) is 0 Å². The monoisotopic (exact) mass is 504 g/mol. The smallest absolute Gasteiger partial charge is 0.270 e. The molecule has 37 heavy (non-hydrogen) atoms. The molecule has 10 nitrogen and oxygen atoms in total. The van der Waals surface area contributed by atoms with Gasteiger partial charge in [-0.25, -0.2) is 9.97 Å². The van der Waals surface area contributed by atoms with E-state index in [1.807, 2.05) is 18.2 Å². The summed E-state index contributed by atoms with van der Waals surface area (Å²) >= 11 is 0. The van der Waals surface area contributed by atoms with Crippen molar-refractivity contribution in [2.75, 3.05) is 45.6 Å². The van der Waals surface area contributed by atoms with Crippen LogP contribution >= 0.6 is 0 Å². The largest absolute Gasteiger partial charge is 0.374 e. The maximum absolute atomic E-state index is 12.9. The number of anilines is 2. The van der Waals surface area contributed by atoms with E-state index in [1.165, 1.54) is 0 Å². The van der Waals surface area contributed by atoms with E-state index in [0.29, 0.717) is 23.5 Å². The van der Waals surface area contributed by atoms with E-state index in [-0.39, 0.29) is 11.9 Å². The van der Waals surface area contributed by atoms with Crippen molar-refractivity contribution in [3.8, 4) is 0 Å². The van der Waals surface area contributed by atoms with Gasteiger partial charge in [0.05, 0.1) is 0 Å². The number of aromatic nitrogens is 4. The quantitative estimate of drug-likeness (QED) is 0.528. The lowest BCUT2D eigenvalue weighted by Gasteiger charge is -2.34. The summed E-state index contributed by atoms with van der Waals surface area (Å²) in [6.45, 7) is 4.12. The summed E-state index contributed by atoms with van der Waals surface area (Å²) in [5.74, 6) is 1.03. The van der Waals surface area contributed by atoms with Crippen LogP contribution in [0.25, 0.3) is 11.0 Å². The van der Waals surface area contributed by atoms with Crippen LogP contribution in [0.1, 0.15) is 66.8 Å². The van der Waals surface area contributed by atoms with Crippen molar-refractivity contribution in [2.24, 2.45) is 0 Å². The first kappa shape index (κ1) is 24.3. The van der Waals surface area contributed by atoms with Crippen LogP contribution in [-0.2, 0) is 0 Å². The highest BCUT2D eigenvalue weighted by Gasteiger charge is 2.33. The molecule has 0 aromatic carbocycles. The first-order valence-corrected chi connectivity index (χ1v) is 13.5. The number of aliphatic hydroxyl groups is 1. The molecule has 196 valence electrons. The van der Waals surface area contributed by atoms with E-state index in [2.05, 4.69) is 29.7 Å². The first-order valence-electron chi connectivity index (χ1n) is 13.5. The minimum atomic E-state index is -0.653. The van der Waals surface area contributed by atoms with Crippen molar-refractivity contribution >= 4 is 28.7 Å². The lowest BCUT2D eigenvalue weighted by atomic mass is 10.0. The summed E-state index contributed by atoms with van der Waals surface area (Å²) in [5.41, 5.74) is 2.23. The highest BCUT2D eigenvalue weighted by Crippen LogP contribution is 2.35. The Bertz CT molecular complexity index is 1260. The highest BCUT2D eigenvalue weighted by atomic mass is 16.3. The van der Waals surface area contributed by atoms with Gasteiger partial charge in [-0.1, -0.05) is 12.8 Å². The third-order valence-electron chi connectivity index (χ3n) is 8.23. The molecule has 1 saturated carbocycles. The minimum Gasteiger partial charge on any atom is -0.374 e. The number of rotatable bonds is 6. The molecule has 3 aromatic rings. The van der Waals surface area contributed by atoms with Gasteiger partial charge in [-0.3, -0.25) is 9.69 Å². The van der Waals surface area contributed by atoms with Crippen LogP contribution in [0.4, 0.5) is 11.8 Å². The van der Waals surface area contributed by atoms with Crippen LogP contribution < -0.4 is 5.32 Å².